The van der Waals surface area contributed by atoms with Crippen molar-refractivity contribution in [3.63, 3.8) is 0 Å². The number of amides is 1. The molecule has 6 heteroatoms. The van der Waals surface area contributed by atoms with E-state index >= 15 is 0 Å². The van der Waals surface area contributed by atoms with Gasteiger partial charge in [0.15, 0.2) is 0 Å². The van der Waals surface area contributed by atoms with Crippen LogP contribution in [0, 0.1) is 0 Å². The minimum absolute atomic E-state index is 0.0143. The number of likely N-dealkylation sites (N-methyl/N-ethyl adjacent to an activating group) is 1. The predicted octanol–water partition coefficient (Wildman–Crippen LogP) is 3.87. The average Bonchev–Trinajstić information content (AvgIpc) is 3.32. The largest absolute Gasteiger partial charge is 0.497 e. The summed E-state index contributed by atoms with van der Waals surface area (Å²) in [5.74, 6) is 0.758. The molecular formula is C23H28N4O2. The van der Waals surface area contributed by atoms with Gasteiger partial charge in [-0.05, 0) is 61.6 Å². The first-order valence-electron chi connectivity index (χ1n) is 9.93. The van der Waals surface area contributed by atoms with E-state index in [1.807, 2.05) is 64.2 Å². The molecule has 0 saturated carbocycles. The van der Waals surface area contributed by atoms with Crippen LogP contribution < -0.4 is 9.64 Å². The van der Waals surface area contributed by atoms with Crippen molar-refractivity contribution >= 4 is 11.6 Å². The number of anilines is 1. The van der Waals surface area contributed by atoms with Crippen LogP contribution in [-0.4, -0.2) is 53.6 Å². The lowest BCUT2D eigenvalue weighted by molar-refractivity contribution is 0.0984. The fourth-order valence-electron chi connectivity index (χ4n) is 3.24. The Labute approximate surface area is 172 Å². The Morgan fingerprint density at radius 2 is 1.69 bits per heavy atom. The molecule has 3 aromatic rings. The quantitative estimate of drug-likeness (QED) is 0.555. The van der Waals surface area contributed by atoms with Crippen LogP contribution in [0.2, 0.25) is 0 Å². The highest BCUT2D eigenvalue weighted by Crippen LogP contribution is 2.22. The second-order valence-corrected chi connectivity index (χ2v) is 6.70. The van der Waals surface area contributed by atoms with Crippen molar-refractivity contribution in [2.75, 3.05) is 38.2 Å². The maximum atomic E-state index is 13.3. The Morgan fingerprint density at radius 1 is 1.00 bits per heavy atom. The summed E-state index contributed by atoms with van der Waals surface area (Å²) >= 11 is 0. The third-order valence-electron chi connectivity index (χ3n) is 5.08. The molecule has 0 bridgehead atoms. The summed E-state index contributed by atoms with van der Waals surface area (Å²) in [7, 11) is 1.64. The maximum absolute atomic E-state index is 13.3. The SMILES string of the molecule is CCN(CC)CCN(C(=O)c1ccc(-n2ccnc2)cc1)c1ccc(OC)cc1. The first kappa shape index (κ1) is 20.6. The van der Waals surface area contributed by atoms with Gasteiger partial charge in [-0.15, -0.1) is 0 Å². The Morgan fingerprint density at radius 3 is 2.24 bits per heavy atom. The molecule has 0 N–H and O–H groups in total. The molecule has 152 valence electrons. The van der Waals surface area contributed by atoms with E-state index in [1.54, 1.807) is 19.6 Å². The van der Waals surface area contributed by atoms with Crippen molar-refractivity contribution in [1.29, 1.82) is 0 Å². The topological polar surface area (TPSA) is 50.6 Å². The molecule has 29 heavy (non-hydrogen) atoms. The van der Waals surface area contributed by atoms with Crippen molar-refractivity contribution in [1.82, 2.24) is 14.5 Å². The van der Waals surface area contributed by atoms with Gasteiger partial charge in [0, 0.05) is 42.4 Å². The fraction of sp³-hybridized carbons (Fsp3) is 0.304. The number of aromatic nitrogens is 2. The van der Waals surface area contributed by atoms with Gasteiger partial charge in [-0.2, -0.15) is 0 Å². The zero-order chi connectivity index (χ0) is 20.6. The lowest BCUT2D eigenvalue weighted by Gasteiger charge is -2.27. The van der Waals surface area contributed by atoms with Gasteiger partial charge in [0.2, 0.25) is 0 Å². The van der Waals surface area contributed by atoms with Gasteiger partial charge in [-0.25, -0.2) is 4.98 Å². The van der Waals surface area contributed by atoms with Crippen molar-refractivity contribution in [3.05, 3.63) is 72.8 Å². The summed E-state index contributed by atoms with van der Waals surface area (Å²) in [5.41, 5.74) is 2.49. The van der Waals surface area contributed by atoms with Crippen LogP contribution in [0.3, 0.4) is 0 Å². The van der Waals surface area contributed by atoms with Crippen LogP contribution in [0.5, 0.6) is 5.75 Å². The van der Waals surface area contributed by atoms with Crippen molar-refractivity contribution in [2.24, 2.45) is 0 Å². The molecule has 0 aliphatic heterocycles. The van der Waals surface area contributed by atoms with Gasteiger partial charge in [0.25, 0.3) is 5.91 Å². The normalized spacial score (nSPS) is 10.9. The Hall–Kier alpha value is -3.12. The smallest absolute Gasteiger partial charge is 0.258 e. The molecule has 1 amide bonds. The number of carbonyl (C=O) groups is 1. The van der Waals surface area contributed by atoms with E-state index in [4.69, 9.17) is 4.74 Å². The molecule has 6 nitrogen and oxygen atoms in total. The third-order valence-corrected chi connectivity index (χ3v) is 5.08. The summed E-state index contributed by atoms with van der Waals surface area (Å²) in [6.07, 6.45) is 5.35. The predicted molar refractivity (Wildman–Crippen MR) is 116 cm³/mol. The molecule has 2 aromatic carbocycles. The number of benzene rings is 2. The maximum Gasteiger partial charge on any atom is 0.258 e. The third kappa shape index (κ3) is 5.03. The molecule has 0 fully saturated rings. The van der Waals surface area contributed by atoms with Crippen LogP contribution in [0.25, 0.3) is 5.69 Å². The number of imidazole rings is 1. The number of ether oxygens (including phenoxy) is 1. The van der Waals surface area contributed by atoms with Gasteiger partial charge in [0.05, 0.1) is 13.4 Å². The molecule has 0 unspecified atom stereocenters. The molecule has 0 aliphatic carbocycles. The second-order valence-electron chi connectivity index (χ2n) is 6.70. The summed E-state index contributed by atoms with van der Waals surface area (Å²) in [4.78, 5) is 21.6. The first-order chi connectivity index (χ1) is 14.2. The Kier molecular flexibility index (Phi) is 7.03. The number of methoxy groups -OCH3 is 1. The summed E-state index contributed by atoms with van der Waals surface area (Å²) in [6.45, 7) is 7.63. The van der Waals surface area contributed by atoms with Gasteiger partial charge in [-0.3, -0.25) is 4.79 Å². The molecule has 0 aliphatic rings. The van der Waals surface area contributed by atoms with E-state index in [9.17, 15) is 4.79 Å². The number of rotatable bonds is 9. The molecule has 0 atom stereocenters. The molecular weight excluding hydrogens is 364 g/mol. The molecule has 3 rings (SSSR count). The molecule has 1 aromatic heterocycles. The van der Waals surface area contributed by atoms with Crippen LogP contribution in [0.15, 0.2) is 67.3 Å². The number of carbonyl (C=O) groups excluding carboxylic acids is 1. The van der Waals surface area contributed by atoms with Crippen molar-refractivity contribution in [2.45, 2.75) is 13.8 Å². The summed E-state index contributed by atoms with van der Waals surface area (Å²) < 4.78 is 7.17. The number of hydrogen-bond donors (Lipinski definition) is 0. The van der Waals surface area contributed by atoms with Crippen LogP contribution in [0.1, 0.15) is 24.2 Å². The summed E-state index contributed by atoms with van der Waals surface area (Å²) in [6, 6.07) is 15.2. The van der Waals surface area contributed by atoms with Crippen LogP contribution in [0.4, 0.5) is 5.69 Å². The monoisotopic (exact) mass is 392 g/mol. The molecule has 1 heterocycles. The van der Waals surface area contributed by atoms with E-state index in [0.29, 0.717) is 12.1 Å². The molecule has 0 spiro atoms. The molecule has 0 saturated heterocycles. The fourth-order valence-corrected chi connectivity index (χ4v) is 3.24. The number of hydrogen-bond acceptors (Lipinski definition) is 4. The van der Waals surface area contributed by atoms with E-state index < -0.39 is 0 Å². The van der Waals surface area contributed by atoms with E-state index in [-0.39, 0.29) is 5.91 Å². The van der Waals surface area contributed by atoms with Gasteiger partial charge < -0.3 is 19.1 Å². The van der Waals surface area contributed by atoms with Crippen LogP contribution >= 0.6 is 0 Å². The lowest BCUT2D eigenvalue weighted by atomic mass is 10.1. The standard InChI is InChI=1S/C23H28N4O2/c1-4-25(5-2)16-17-27(21-10-12-22(29-3)13-11-21)23(28)19-6-8-20(9-7-19)26-15-14-24-18-26/h6-15,18H,4-5,16-17H2,1-3H3. The lowest BCUT2D eigenvalue weighted by Crippen LogP contribution is -2.38. The zero-order valence-electron chi connectivity index (χ0n) is 17.3. The minimum atomic E-state index is -0.0143. The first-order valence-corrected chi connectivity index (χ1v) is 9.93. The molecule has 0 radical (unpaired) electrons. The second kappa shape index (κ2) is 9.89. The highest BCUT2D eigenvalue weighted by Gasteiger charge is 2.19. The minimum Gasteiger partial charge on any atom is -0.497 e. The zero-order valence-corrected chi connectivity index (χ0v) is 17.3. The van der Waals surface area contributed by atoms with E-state index in [1.165, 1.54) is 0 Å². The van der Waals surface area contributed by atoms with Crippen molar-refractivity contribution in [3.8, 4) is 11.4 Å². The van der Waals surface area contributed by atoms with Gasteiger partial charge in [0.1, 0.15) is 5.75 Å². The summed E-state index contributed by atoms with van der Waals surface area (Å²) in [5, 5.41) is 0. The average molecular weight is 393 g/mol. The van der Waals surface area contributed by atoms with Crippen LogP contribution in [-0.2, 0) is 0 Å². The van der Waals surface area contributed by atoms with E-state index in [2.05, 4.69) is 23.7 Å². The Balaban J connectivity index is 1.84. The highest BCUT2D eigenvalue weighted by atomic mass is 16.5. The Bertz CT molecular complexity index is 886. The van der Waals surface area contributed by atoms with E-state index in [0.717, 1.165) is 36.8 Å². The number of nitrogens with zero attached hydrogens (tertiary/aromatic N) is 4. The highest BCUT2D eigenvalue weighted by molar-refractivity contribution is 6.06. The van der Waals surface area contributed by atoms with Gasteiger partial charge >= 0.3 is 0 Å². The van der Waals surface area contributed by atoms with Gasteiger partial charge in [-0.1, -0.05) is 13.8 Å². The van der Waals surface area contributed by atoms with Crippen molar-refractivity contribution < 1.29 is 9.53 Å².